The summed E-state index contributed by atoms with van der Waals surface area (Å²) in [6.07, 6.45) is 0. The number of hydrogen-bond acceptors (Lipinski definition) is 4. The topological polar surface area (TPSA) is 60.9 Å². The quantitative estimate of drug-likeness (QED) is 0.785. The zero-order chi connectivity index (χ0) is 17.9. The van der Waals surface area contributed by atoms with Gasteiger partial charge in [-0.1, -0.05) is 23.2 Å². The Balaban J connectivity index is 1.92. The van der Waals surface area contributed by atoms with Crippen molar-refractivity contribution in [1.82, 2.24) is 14.7 Å². The molecule has 1 aromatic rings. The zero-order valence-corrected chi connectivity index (χ0v) is 16.0. The third-order valence-corrected chi connectivity index (χ3v) is 6.33. The molecular formula is C15H21Cl2N3O3S. The molecule has 1 aromatic carbocycles. The Hall–Kier alpha value is -1.02. The molecule has 1 aliphatic heterocycles. The Labute approximate surface area is 152 Å². The van der Waals surface area contributed by atoms with E-state index in [-0.39, 0.29) is 21.7 Å². The number of carbonyl (C=O) groups is 1. The molecule has 24 heavy (non-hydrogen) atoms. The van der Waals surface area contributed by atoms with Crippen molar-refractivity contribution in [3.63, 3.8) is 0 Å². The standard InChI is InChI=1S/C15H21Cl2N3O3S/c1-18(2)15(21)20-7-5-19(6-8-20)9-10-24(22,23)14-11-12(16)3-4-13(14)17/h3-4,11H,5-10H2,1-2H3. The van der Waals surface area contributed by atoms with E-state index in [1.807, 2.05) is 4.90 Å². The Morgan fingerprint density at radius 1 is 1.17 bits per heavy atom. The van der Waals surface area contributed by atoms with Crippen molar-refractivity contribution in [3.05, 3.63) is 28.2 Å². The van der Waals surface area contributed by atoms with Crippen molar-refractivity contribution in [2.24, 2.45) is 0 Å². The number of benzene rings is 1. The number of halogens is 2. The molecule has 0 aliphatic carbocycles. The number of piperazine rings is 1. The number of nitrogens with zero attached hydrogens (tertiary/aromatic N) is 3. The van der Waals surface area contributed by atoms with Crippen LogP contribution in [0.3, 0.4) is 0 Å². The Bertz CT molecular complexity index is 702. The van der Waals surface area contributed by atoms with Crippen molar-refractivity contribution in [3.8, 4) is 0 Å². The lowest BCUT2D eigenvalue weighted by Crippen LogP contribution is -2.52. The molecular weight excluding hydrogens is 373 g/mol. The van der Waals surface area contributed by atoms with Gasteiger partial charge in [-0.15, -0.1) is 0 Å². The van der Waals surface area contributed by atoms with Crippen LogP contribution in [-0.2, 0) is 9.84 Å². The first-order valence-corrected chi connectivity index (χ1v) is 9.98. The average molecular weight is 394 g/mol. The van der Waals surface area contributed by atoms with Gasteiger partial charge in [0.05, 0.1) is 15.7 Å². The van der Waals surface area contributed by atoms with Gasteiger partial charge in [0.15, 0.2) is 9.84 Å². The SMILES string of the molecule is CN(C)C(=O)N1CCN(CCS(=O)(=O)c2cc(Cl)ccc2Cl)CC1. The van der Waals surface area contributed by atoms with Gasteiger partial charge in [0.2, 0.25) is 0 Å². The van der Waals surface area contributed by atoms with Gasteiger partial charge in [-0.05, 0) is 18.2 Å². The number of amides is 2. The summed E-state index contributed by atoms with van der Waals surface area (Å²) in [5.41, 5.74) is 0. The van der Waals surface area contributed by atoms with E-state index in [1.54, 1.807) is 30.0 Å². The second-order valence-electron chi connectivity index (χ2n) is 5.90. The first-order valence-electron chi connectivity index (χ1n) is 7.57. The van der Waals surface area contributed by atoms with E-state index in [0.717, 1.165) is 0 Å². The minimum absolute atomic E-state index is 0.0204. The second-order valence-corrected chi connectivity index (χ2v) is 8.82. The maximum Gasteiger partial charge on any atom is 0.319 e. The van der Waals surface area contributed by atoms with Crippen molar-refractivity contribution in [1.29, 1.82) is 0 Å². The Morgan fingerprint density at radius 2 is 1.79 bits per heavy atom. The normalized spacial score (nSPS) is 16.2. The highest BCUT2D eigenvalue weighted by molar-refractivity contribution is 7.91. The fourth-order valence-corrected chi connectivity index (χ4v) is 4.62. The third kappa shape index (κ3) is 4.75. The predicted octanol–water partition coefficient (Wildman–Crippen LogP) is 2.07. The first-order chi connectivity index (χ1) is 11.2. The molecule has 9 heteroatoms. The van der Waals surface area contributed by atoms with Gasteiger partial charge in [-0.2, -0.15) is 0 Å². The summed E-state index contributed by atoms with van der Waals surface area (Å²) in [4.78, 5) is 17.3. The average Bonchev–Trinajstić information content (AvgIpc) is 2.55. The maximum atomic E-state index is 12.5. The fourth-order valence-electron chi connectivity index (χ4n) is 2.52. The van der Waals surface area contributed by atoms with Gasteiger partial charge in [0.25, 0.3) is 0 Å². The third-order valence-electron chi connectivity index (χ3n) is 3.93. The summed E-state index contributed by atoms with van der Waals surface area (Å²) in [6, 6.07) is 4.41. The lowest BCUT2D eigenvalue weighted by Gasteiger charge is -2.35. The van der Waals surface area contributed by atoms with E-state index in [2.05, 4.69) is 0 Å². The molecule has 0 N–H and O–H groups in total. The molecule has 0 spiro atoms. The van der Waals surface area contributed by atoms with Crippen LogP contribution in [0.15, 0.2) is 23.1 Å². The molecule has 2 amide bonds. The van der Waals surface area contributed by atoms with Crippen LogP contribution in [0.4, 0.5) is 4.79 Å². The summed E-state index contributed by atoms with van der Waals surface area (Å²) in [6.45, 7) is 2.88. The van der Waals surface area contributed by atoms with E-state index in [9.17, 15) is 13.2 Å². The summed E-state index contributed by atoms with van der Waals surface area (Å²) in [5.74, 6) is -0.0330. The van der Waals surface area contributed by atoms with E-state index < -0.39 is 9.84 Å². The maximum absolute atomic E-state index is 12.5. The van der Waals surface area contributed by atoms with Gasteiger partial charge in [-0.25, -0.2) is 13.2 Å². The van der Waals surface area contributed by atoms with E-state index >= 15 is 0 Å². The van der Waals surface area contributed by atoms with Crippen molar-refractivity contribution in [2.45, 2.75) is 4.90 Å². The molecule has 0 radical (unpaired) electrons. The van der Waals surface area contributed by atoms with Crippen LogP contribution in [0, 0.1) is 0 Å². The molecule has 0 atom stereocenters. The lowest BCUT2D eigenvalue weighted by atomic mass is 10.3. The van der Waals surface area contributed by atoms with Gasteiger partial charge >= 0.3 is 6.03 Å². The van der Waals surface area contributed by atoms with Crippen molar-refractivity contribution in [2.75, 3.05) is 52.6 Å². The number of urea groups is 1. The van der Waals surface area contributed by atoms with Crippen LogP contribution in [0.2, 0.25) is 10.0 Å². The Morgan fingerprint density at radius 3 is 2.38 bits per heavy atom. The molecule has 2 rings (SSSR count). The van der Waals surface area contributed by atoms with Crippen LogP contribution in [0.5, 0.6) is 0 Å². The lowest BCUT2D eigenvalue weighted by molar-refractivity contribution is 0.126. The molecule has 0 bridgehead atoms. The summed E-state index contributed by atoms with van der Waals surface area (Å²) in [5, 5.41) is 0.523. The molecule has 1 aliphatic rings. The van der Waals surface area contributed by atoms with Gasteiger partial charge in [-0.3, -0.25) is 4.90 Å². The number of carbonyl (C=O) groups excluding carboxylic acids is 1. The second kappa shape index (κ2) is 7.91. The van der Waals surface area contributed by atoms with Crippen LogP contribution in [0.25, 0.3) is 0 Å². The van der Waals surface area contributed by atoms with E-state index in [0.29, 0.717) is 37.7 Å². The monoisotopic (exact) mass is 393 g/mol. The van der Waals surface area contributed by atoms with Crippen molar-refractivity contribution < 1.29 is 13.2 Å². The number of rotatable bonds is 4. The fraction of sp³-hybridized carbons (Fsp3) is 0.533. The molecule has 0 aromatic heterocycles. The molecule has 1 saturated heterocycles. The van der Waals surface area contributed by atoms with E-state index in [1.165, 1.54) is 12.1 Å². The molecule has 1 heterocycles. The minimum Gasteiger partial charge on any atom is -0.331 e. The van der Waals surface area contributed by atoms with Crippen molar-refractivity contribution >= 4 is 39.1 Å². The predicted molar refractivity (Wildman–Crippen MR) is 95.6 cm³/mol. The van der Waals surface area contributed by atoms with Gasteiger partial charge in [0, 0.05) is 51.8 Å². The van der Waals surface area contributed by atoms with Gasteiger partial charge < -0.3 is 9.80 Å². The number of hydrogen-bond donors (Lipinski definition) is 0. The van der Waals surface area contributed by atoms with Crippen LogP contribution >= 0.6 is 23.2 Å². The highest BCUT2D eigenvalue weighted by Crippen LogP contribution is 2.26. The highest BCUT2D eigenvalue weighted by Gasteiger charge is 2.24. The molecule has 0 unspecified atom stereocenters. The summed E-state index contributed by atoms with van der Waals surface area (Å²) < 4.78 is 24.9. The largest absolute Gasteiger partial charge is 0.331 e. The molecule has 134 valence electrons. The van der Waals surface area contributed by atoms with Crippen LogP contribution in [0.1, 0.15) is 0 Å². The smallest absolute Gasteiger partial charge is 0.319 e. The van der Waals surface area contributed by atoms with E-state index in [4.69, 9.17) is 23.2 Å². The first kappa shape index (κ1) is 19.3. The summed E-state index contributed by atoms with van der Waals surface area (Å²) in [7, 11) is -0.0664. The molecule has 1 fully saturated rings. The molecule has 0 saturated carbocycles. The number of sulfone groups is 1. The van der Waals surface area contributed by atoms with Crippen LogP contribution in [-0.4, -0.2) is 81.7 Å². The minimum atomic E-state index is -3.50. The molecule has 6 nitrogen and oxygen atoms in total. The van der Waals surface area contributed by atoms with Gasteiger partial charge in [0.1, 0.15) is 0 Å². The van der Waals surface area contributed by atoms with Crippen LogP contribution < -0.4 is 0 Å². The summed E-state index contributed by atoms with van der Waals surface area (Å²) >= 11 is 11.9. The highest BCUT2D eigenvalue weighted by atomic mass is 35.5. The zero-order valence-electron chi connectivity index (χ0n) is 13.7. The Kier molecular flexibility index (Phi) is 6.36.